The lowest BCUT2D eigenvalue weighted by molar-refractivity contribution is -0.118. The van der Waals surface area contributed by atoms with Crippen LogP contribution in [0.5, 0.6) is 0 Å². The van der Waals surface area contributed by atoms with Crippen LogP contribution in [-0.2, 0) is 17.8 Å². The molecular formula is C24H29F3N4O2. The van der Waals surface area contributed by atoms with E-state index < -0.39 is 18.2 Å². The predicted octanol–water partition coefficient (Wildman–Crippen LogP) is 3.35. The molecule has 2 aliphatic rings. The Balaban J connectivity index is 1.67. The average Bonchev–Trinajstić information content (AvgIpc) is 2.87. The van der Waals surface area contributed by atoms with Gasteiger partial charge in [-0.15, -0.1) is 0 Å². The average molecular weight is 463 g/mol. The summed E-state index contributed by atoms with van der Waals surface area (Å²) < 4.78 is 43.3. The van der Waals surface area contributed by atoms with Crippen LogP contribution in [0.15, 0.2) is 46.2 Å². The van der Waals surface area contributed by atoms with E-state index in [9.17, 15) is 22.8 Å². The summed E-state index contributed by atoms with van der Waals surface area (Å²) in [4.78, 5) is 25.3. The van der Waals surface area contributed by atoms with Crippen LogP contribution >= 0.6 is 0 Å². The molecule has 0 spiro atoms. The third-order valence-electron chi connectivity index (χ3n) is 5.84. The highest BCUT2D eigenvalue weighted by Gasteiger charge is 2.24. The monoisotopic (exact) mass is 462 g/mol. The molecule has 1 aromatic heterocycles. The van der Waals surface area contributed by atoms with Gasteiger partial charge in [0.15, 0.2) is 5.78 Å². The molecular weight excluding hydrogens is 433 g/mol. The molecule has 0 aromatic carbocycles. The van der Waals surface area contributed by atoms with Crippen molar-refractivity contribution in [2.24, 2.45) is 5.84 Å². The molecule has 2 aliphatic carbocycles. The summed E-state index contributed by atoms with van der Waals surface area (Å²) in [5, 5.41) is 4.06. The van der Waals surface area contributed by atoms with Crippen molar-refractivity contribution in [2.75, 3.05) is 18.6 Å². The minimum atomic E-state index is -1.51. The zero-order valence-corrected chi connectivity index (χ0v) is 19.0. The molecule has 3 N–H and O–H groups in total. The van der Waals surface area contributed by atoms with E-state index in [2.05, 4.69) is 5.32 Å². The van der Waals surface area contributed by atoms with Crippen molar-refractivity contribution < 1.29 is 18.0 Å². The first kappa shape index (κ1) is 24.6. The lowest BCUT2D eigenvalue weighted by Crippen LogP contribution is -2.35. The standard InChI is InChI=1S/C24H29F3N4O2/c1-14-6-9-21(20(27)12-19(14)26)29-13-17(32)5-4-10-31-22-11-16(25)7-8-18(22)23(30(3)28)15(2)24(31)33/h6-9,12,16,19,29H,4-5,10-11,13,28H2,1-3H3. The topological polar surface area (TPSA) is 80.4 Å². The summed E-state index contributed by atoms with van der Waals surface area (Å²) in [6, 6.07) is 0. The maximum absolute atomic E-state index is 14.1. The first-order valence-corrected chi connectivity index (χ1v) is 10.8. The Hall–Kier alpha value is -3.07. The Morgan fingerprint density at radius 1 is 1.30 bits per heavy atom. The summed E-state index contributed by atoms with van der Waals surface area (Å²) >= 11 is 0. The fourth-order valence-corrected chi connectivity index (χ4v) is 4.05. The maximum Gasteiger partial charge on any atom is 0.255 e. The van der Waals surface area contributed by atoms with Gasteiger partial charge in [0.2, 0.25) is 0 Å². The number of anilines is 1. The molecule has 0 saturated heterocycles. The summed E-state index contributed by atoms with van der Waals surface area (Å²) in [7, 11) is 1.63. The minimum absolute atomic E-state index is 0.0473. The fraction of sp³-hybridized carbons (Fsp3) is 0.417. The van der Waals surface area contributed by atoms with Crippen molar-refractivity contribution in [1.82, 2.24) is 9.88 Å². The number of nitrogens with one attached hydrogen (secondary N) is 1. The van der Waals surface area contributed by atoms with E-state index in [1.54, 1.807) is 27.0 Å². The van der Waals surface area contributed by atoms with Gasteiger partial charge in [-0.1, -0.05) is 12.2 Å². The second kappa shape index (κ2) is 10.2. The van der Waals surface area contributed by atoms with Gasteiger partial charge in [0.25, 0.3) is 5.56 Å². The maximum atomic E-state index is 14.1. The van der Waals surface area contributed by atoms with Gasteiger partial charge in [-0.05, 0) is 44.1 Å². The number of fused-ring (bicyclic) bond motifs is 1. The van der Waals surface area contributed by atoms with Crippen LogP contribution in [0, 0.1) is 6.92 Å². The number of Topliss-reactive ketones (excluding diaryl/α,β-unsaturated/α-hetero) is 1. The number of pyridine rings is 1. The van der Waals surface area contributed by atoms with Crippen LogP contribution in [0.3, 0.4) is 0 Å². The first-order chi connectivity index (χ1) is 15.6. The van der Waals surface area contributed by atoms with Crippen LogP contribution in [0.25, 0.3) is 6.08 Å². The van der Waals surface area contributed by atoms with Gasteiger partial charge in [-0.2, -0.15) is 0 Å². The van der Waals surface area contributed by atoms with Gasteiger partial charge in [0.05, 0.1) is 17.9 Å². The van der Waals surface area contributed by atoms with E-state index in [1.165, 1.54) is 27.8 Å². The molecule has 1 aromatic rings. The number of hydrogen-bond donors (Lipinski definition) is 2. The molecule has 9 heteroatoms. The number of hydrazine groups is 1. The zero-order valence-electron chi connectivity index (χ0n) is 19.0. The first-order valence-electron chi connectivity index (χ1n) is 10.8. The number of hydrogen-bond acceptors (Lipinski definition) is 5. The van der Waals surface area contributed by atoms with E-state index >= 15 is 0 Å². The number of nitrogens with two attached hydrogens (primary N) is 1. The molecule has 0 saturated carbocycles. The number of carbonyl (C=O) groups excluding carboxylic acids is 1. The number of alkyl halides is 2. The summed E-state index contributed by atoms with van der Waals surface area (Å²) in [5.41, 5.74) is 2.41. The van der Waals surface area contributed by atoms with E-state index in [-0.39, 0.29) is 43.0 Å². The molecule has 178 valence electrons. The van der Waals surface area contributed by atoms with Crippen molar-refractivity contribution in [2.45, 2.75) is 52.0 Å². The molecule has 0 fully saturated rings. The van der Waals surface area contributed by atoms with Crippen molar-refractivity contribution >= 4 is 17.5 Å². The number of nitrogens with zero attached hydrogens (tertiary/aromatic N) is 2. The molecule has 0 amide bonds. The predicted molar refractivity (Wildman–Crippen MR) is 124 cm³/mol. The van der Waals surface area contributed by atoms with Crippen molar-refractivity contribution in [3.63, 3.8) is 0 Å². The molecule has 6 nitrogen and oxygen atoms in total. The number of carbonyl (C=O) groups is 1. The van der Waals surface area contributed by atoms with Crippen LogP contribution in [0.2, 0.25) is 0 Å². The van der Waals surface area contributed by atoms with E-state index in [4.69, 9.17) is 5.84 Å². The van der Waals surface area contributed by atoms with Crippen LogP contribution in [0.4, 0.5) is 18.9 Å². The van der Waals surface area contributed by atoms with Crippen LogP contribution < -0.4 is 21.7 Å². The largest absolute Gasteiger partial charge is 0.376 e. The molecule has 1 heterocycles. The molecule has 33 heavy (non-hydrogen) atoms. The smallest absolute Gasteiger partial charge is 0.255 e. The number of rotatable bonds is 8. The van der Waals surface area contributed by atoms with Crippen molar-refractivity contribution in [3.8, 4) is 0 Å². The quantitative estimate of drug-likeness (QED) is 0.458. The van der Waals surface area contributed by atoms with Crippen LogP contribution in [-0.4, -0.2) is 36.3 Å². The number of aromatic nitrogens is 1. The zero-order chi connectivity index (χ0) is 24.3. The van der Waals surface area contributed by atoms with E-state index in [0.29, 0.717) is 34.5 Å². The van der Waals surface area contributed by atoms with Gasteiger partial charge >= 0.3 is 0 Å². The molecule has 0 aliphatic heterocycles. The lowest BCUT2D eigenvalue weighted by Gasteiger charge is -2.26. The molecule has 2 unspecified atom stereocenters. The van der Waals surface area contributed by atoms with Crippen LogP contribution in [0.1, 0.15) is 36.6 Å². The highest BCUT2D eigenvalue weighted by molar-refractivity contribution is 5.80. The van der Waals surface area contributed by atoms with Gasteiger partial charge in [0.1, 0.15) is 18.2 Å². The summed E-state index contributed by atoms with van der Waals surface area (Å²) in [6.07, 6.45) is 4.64. The van der Waals surface area contributed by atoms with Crippen molar-refractivity contribution in [1.29, 1.82) is 0 Å². The van der Waals surface area contributed by atoms with Gasteiger partial charge in [-0.3, -0.25) is 9.59 Å². The van der Waals surface area contributed by atoms with Gasteiger partial charge in [-0.25, -0.2) is 19.0 Å². The third kappa shape index (κ3) is 5.47. The Kier molecular flexibility index (Phi) is 7.63. The SMILES string of the molecule is CC1=CC=C(NCC(=O)CCCn2c3c(c(N(C)N)c(C)c2=O)C=CC(F)C3)C(F)=CC1F. The number of halogens is 3. The summed E-state index contributed by atoms with van der Waals surface area (Å²) in [5.74, 6) is 4.97. The Morgan fingerprint density at radius 3 is 2.73 bits per heavy atom. The summed E-state index contributed by atoms with van der Waals surface area (Å²) in [6.45, 7) is 3.34. The van der Waals surface area contributed by atoms with Crippen molar-refractivity contribution in [3.05, 3.63) is 68.6 Å². The second-order valence-electron chi connectivity index (χ2n) is 8.38. The highest BCUT2D eigenvalue weighted by Crippen LogP contribution is 2.30. The normalized spacial score (nSPS) is 19.8. The molecule has 0 bridgehead atoms. The Labute approximate surface area is 190 Å². The molecule has 2 atom stereocenters. The fourth-order valence-electron chi connectivity index (χ4n) is 4.05. The number of allylic oxidation sites excluding steroid dienone is 6. The Morgan fingerprint density at radius 2 is 2.03 bits per heavy atom. The lowest BCUT2D eigenvalue weighted by atomic mass is 9.96. The molecule has 3 rings (SSSR count). The van der Waals surface area contributed by atoms with Gasteiger partial charge in [0, 0.05) is 43.3 Å². The minimum Gasteiger partial charge on any atom is -0.376 e. The van der Waals surface area contributed by atoms with E-state index in [1.807, 2.05) is 0 Å². The second-order valence-corrected chi connectivity index (χ2v) is 8.38. The third-order valence-corrected chi connectivity index (χ3v) is 5.84. The van der Waals surface area contributed by atoms with E-state index in [0.717, 1.165) is 6.08 Å². The Bertz CT molecular complexity index is 1120. The number of ketones is 1. The molecule has 0 radical (unpaired) electrons. The highest BCUT2D eigenvalue weighted by atomic mass is 19.1. The van der Waals surface area contributed by atoms with Gasteiger partial charge < -0.3 is 14.9 Å².